The molecule has 4 nitrogen and oxygen atoms in total. The van der Waals surface area contributed by atoms with E-state index in [4.69, 9.17) is 0 Å². The van der Waals surface area contributed by atoms with Crippen molar-refractivity contribution < 1.29 is 4.79 Å². The van der Waals surface area contributed by atoms with Crippen LogP contribution in [0.2, 0.25) is 0 Å². The van der Waals surface area contributed by atoms with Crippen molar-refractivity contribution in [3.8, 4) is 6.07 Å². The molecule has 0 unspecified atom stereocenters. The first-order chi connectivity index (χ1) is 11.0. The fourth-order valence-corrected chi connectivity index (χ4v) is 2.76. The van der Waals surface area contributed by atoms with Gasteiger partial charge < -0.3 is 10.2 Å². The molecule has 2 aromatic carbocycles. The van der Waals surface area contributed by atoms with Crippen LogP contribution in [0.1, 0.15) is 5.56 Å². The Labute approximate surface area is 144 Å². The molecule has 23 heavy (non-hydrogen) atoms. The summed E-state index contributed by atoms with van der Waals surface area (Å²) < 4.78 is 0.900. The predicted octanol–water partition coefficient (Wildman–Crippen LogP) is 4.06. The summed E-state index contributed by atoms with van der Waals surface area (Å²) in [5, 5.41) is 12.0. The Bertz CT molecular complexity index is 777. The van der Waals surface area contributed by atoms with E-state index in [-0.39, 0.29) is 5.57 Å². The van der Waals surface area contributed by atoms with Crippen molar-refractivity contribution in [2.45, 2.75) is 0 Å². The van der Waals surface area contributed by atoms with E-state index < -0.39 is 5.91 Å². The number of nitriles is 1. The minimum atomic E-state index is -0.425. The molecule has 2 aromatic rings. The lowest BCUT2D eigenvalue weighted by Gasteiger charge is -2.14. The lowest BCUT2D eigenvalue weighted by Crippen LogP contribution is -2.13. The van der Waals surface area contributed by atoms with E-state index in [0.29, 0.717) is 5.69 Å². The number of nitrogens with zero attached hydrogens (tertiary/aromatic N) is 2. The molecule has 0 fully saturated rings. The van der Waals surface area contributed by atoms with Crippen molar-refractivity contribution in [3.05, 3.63) is 64.1 Å². The highest BCUT2D eigenvalue weighted by molar-refractivity contribution is 9.10. The second-order valence-electron chi connectivity index (χ2n) is 5.10. The second kappa shape index (κ2) is 7.61. The van der Waals surface area contributed by atoms with E-state index in [1.54, 1.807) is 18.2 Å². The number of nitrogens with one attached hydrogen (secondary N) is 1. The van der Waals surface area contributed by atoms with Crippen molar-refractivity contribution in [1.29, 1.82) is 5.26 Å². The first-order valence-corrected chi connectivity index (χ1v) is 7.75. The van der Waals surface area contributed by atoms with Crippen molar-refractivity contribution in [1.82, 2.24) is 0 Å². The minimum absolute atomic E-state index is 0.0540. The number of para-hydroxylation sites is 1. The van der Waals surface area contributed by atoms with Crippen LogP contribution in [0.25, 0.3) is 6.08 Å². The van der Waals surface area contributed by atoms with E-state index >= 15 is 0 Å². The van der Waals surface area contributed by atoms with Crippen LogP contribution in [0.15, 0.2) is 58.6 Å². The largest absolute Gasteiger partial charge is 0.377 e. The van der Waals surface area contributed by atoms with Gasteiger partial charge in [0.05, 0.1) is 5.69 Å². The van der Waals surface area contributed by atoms with E-state index in [1.807, 2.05) is 61.5 Å². The van der Waals surface area contributed by atoms with Crippen LogP contribution in [0.3, 0.4) is 0 Å². The number of benzene rings is 2. The van der Waals surface area contributed by atoms with Gasteiger partial charge in [0.15, 0.2) is 0 Å². The summed E-state index contributed by atoms with van der Waals surface area (Å²) in [5.74, 6) is -0.425. The zero-order valence-electron chi connectivity index (χ0n) is 12.9. The van der Waals surface area contributed by atoms with Crippen LogP contribution >= 0.6 is 15.9 Å². The molecular weight excluding hydrogens is 354 g/mol. The number of amides is 1. The number of carbonyl (C=O) groups is 1. The molecule has 0 spiro atoms. The van der Waals surface area contributed by atoms with Gasteiger partial charge in [0.1, 0.15) is 11.6 Å². The monoisotopic (exact) mass is 369 g/mol. The van der Waals surface area contributed by atoms with Gasteiger partial charge in [-0.25, -0.2) is 0 Å². The fourth-order valence-electron chi connectivity index (χ4n) is 2.01. The van der Waals surface area contributed by atoms with Crippen molar-refractivity contribution >= 4 is 39.3 Å². The molecule has 2 rings (SSSR count). The lowest BCUT2D eigenvalue weighted by atomic mass is 10.1. The molecule has 0 aliphatic carbocycles. The highest BCUT2D eigenvalue weighted by atomic mass is 79.9. The summed E-state index contributed by atoms with van der Waals surface area (Å²) in [6.07, 6.45) is 1.57. The molecule has 0 aliphatic rings. The number of carbonyl (C=O) groups excluding carboxylic acids is 1. The second-order valence-corrected chi connectivity index (χ2v) is 5.95. The van der Waals surface area contributed by atoms with Gasteiger partial charge in [0.2, 0.25) is 0 Å². The standard InChI is InChI=1S/C18H16BrN3O/c1-22(2)17-9-8-13(11-16(17)19)10-14(12-20)18(23)21-15-6-4-3-5-7-15/h3-11H,1-2H3,(H,21,23)/b14-10+. The average molecular weight is 370 g/mol. The van der Waals surface area contributed by atoms with Gasteiger partial charge in [-0.1, -0.05) is 24.3 Å². The molecule has 0 bridgehead atoms. The maximum Gasteiger partial charge on any atom is 0.266 e. The smallest absolute Gasteiger partial charge is 0.266 e. The van der Waals surface area contributed by atoms with Crippen molar-refractivity contribution in [2.75, 3.05) is 24.3 Å². The number of halogens is 1. The average Bonchev–Trinajstić information content (AvgIpc) is 2.53. The van der Waals surface area contributed by atoms with Gasteiger partial charge in [0.25, 0.3) is 5.91 Å². The summed E-state index contributed by atoms with van der Waals surface area (Å²) >= 11 is 3.50. The minimum Gasteiger partial charge on any atom is -0.377 e. The summed E-state index contributed by atoms with van der Waals surface area (Å²) in [5.41, 5.74) is 2.51. The SMILES string of the molecule is CN(C)c1ccc(/C=C(\C#N)C(=O)Nc2ccccc2)cc1Br. The Morgan fingerprint density at radius 2 is 1.91 bits per heavy atom. The molecule has 0 saturated carbocycles. The molecule has 0 atom stereocenters. The summed E-state index contributed by atoms with van der Waals surface area (Å²) in [4.78, 5) is 14.2. The quantitative estimate of drug-likeness (QED) is 0.652. The molecule has 0 heterocycles. The van der Waals surface area contributed by atoms with Crippen molar-refractivity contribution in [3.63, 3.8) is 0 Å². The molecule has 0 saturated heterocycles. The molecule has 0 aliphatic heterocycles. The summed E-state index contributed by atoms with van der Waals surface area (Å²) in [7, 11) is 3.90. The maximum absolute atomic E-state index is 12.2. The maximum atomic E-state index is 12.2. The Balaban J connectivity index is 2.23. The Morgan fingerprint density at radius 3 is 2.48 bits per heavy atom. The number of hydrogen-bond donors (Lipinski definition) is 1. The zero-order chi connectivity index (χ0) is 16.8. The van der Waals surface area contributed by atoms with Gasteiger partial charge in [-0.05, 0) is 51.8 Å². The third-order valence-electron chi connectivity index (χ3n) is 3.16. The van der Waals surface area contributed by atoms with Crippen LogP contribution in [-0.2, 0) is 4.79 Å². The van der Waals surface area contributed by atoms with E-state index in [1.165, 1.54) is 0 Å². The van der Waals surface area contributed by atoms with Crippen LogP contribution in [-0.4, -0.2) is 20.0 Å². The van der Waals surface area contributed by atoms with Gasteiger partial charge >= 0.3 is 0 Å². The van der Waals surface area contributed by atoms with Crippen LogP contribution in [0.5, 0.6) is 0 Å². The third kappa shape index (κ3) is 4.44. The number of anilines is 2. The highest BCUT2D eigenvalue weighted by Gasteiger charge is 2.10. The normalized spacial score (nSPS) is 10.8. The molecule has 116 valence electrons. The predicted molar refractivity (Wildman–Crippen MR) is 97.1 cm³/mol. The molecule has 0 aromatic heterocycles. The number of hydrogen-bond acceptors (Lipinski definition) is 3. The van der Waals surface area contributed by atoms with Gasteiger partial charge in [0, 0.05) is 24.3 Å². The Morgan fingerprint density at radius 1 is 1.22 bits per heavy atom. The molecule has 1 N–H and O–H groups in total. The van der Waals surface area contributed by atoms with Gasteiger partial charge in [-0.15, -0.1) is 0 Å². The van der Waals surface area contributed by atoms with Gasteiger partial charge in [-0.3, -0.25) is 4.79 Å². The fraction of sp³-hybridized carbons (Fsp3) is 0.111. The van der Waals surface area contributed by atoms with Crippen LogP contribution in [0, 0.1) is 11.3 Å². The molecule has 0 radical (unpaired) electrons. The van der Waals surface area contributed by atoms with Crippen molar-refractivity contribution in [2.24, 2.45) is 0 Å². The molecule has 5 heteroatoms. The third-order valence-corrected chi connectivity index (χ3v) is 3.80. The first-order valence-electron chi connectivity index (χ1n) is 6.96. The lowest BCUT2D eigenvalue weighted by molar-refractivity contribution is -0.112. The zero-order valence-corrected chi connectivity index (χ0v) is 14.5. The highest BCUT2D eigenvalue weighted by Crippen LogP contribution is 2.26. The Hall–Kier alpha value is -2.58. The van der Waals surface area contributed by atoms with E-state index in [0.717, 1.165) is 15.7 Å². The topological polar surface area (TPSA) is 56.1 Å². The first kappa shape index (κ1) is 16.8. The summed E-state index contributed by atoms with van der Waals surface area (Å²) in [6.45, 7) is 0. The van der Waals surface area contributed by atoms with E-state index in [9.17, 15) is 10.1 Å². The number of rotatable bonds is 4. The van der Waals surface area contributed by atoms with Crippen LogP contribution < -0.4 is 10.2 Å². The molecule has 1 amide bonds. The van der Waals surface area contributed by atoms with Crippen LogP contribution in [0.4, 0.5) is 11.4 Å². The summed E-state index contributed by atoms with van der Waals surface area (Å²) in [6, 6.07) is 16.7. The molecular formula is C18H16BrN3O. The van der Waals surface area contributed by atoms with E-state index in [2.05, 4.69) is 21.2 Å². The van der Waals surface area contributed by atoms with Gasteiger partial charge in [-0.2, -0.15) is 5.26 Å². The Kier molecular flexibility index (Phi) is 5.56.